The van der Waals surface area contributed by atoms with E-state index in [-0.39, 0.29) is 19.4 Å². The Morgan fingerprint density at radius 2 is 1.86 bits per heavy atom. The zero-order valence-corrected chi connectivity index (χ0v) is 16.3. The van der Waals surface area contributed by atoms with Crippen molar-refractivity contribution in [2.24, 2.45) is 0 Å². The summed E-state index contributed by atoms with van der Waals surface area (Å²) >= 11 is 0. The molecule has 0 saturated carbocycles. The van der Waals surface area contributed by atoms with Crippen molar-refractivity contribution in [3.8, 4) is 5.75 Å². The van der Waals surface area contributed by atoms with Gasteiger partial charge >= 0.3 is 5.97 Å². The van der Waals surface area contributed by atoms with Gasteiger partial charge < -0.3 is 19.7 Å². The van der Waals surface area contributed by atoms with Gasteiger partial charge in [0, 0.05) is 25.2 Å². The molecule has 7 nitrogen and oxygen atoms in total. The molecule has 154 valence electrons. The third kappa shape index (κ3) is 7.25. The van der Waals surface area contributed by atoms with Gasteiger partial charge in [0.2, 0.25) is 5.91 Å². The Kier molecular flexibility index (Phi) is 8.14. The lowest BCUT2D eigenvalue weighted by atomic mass is 10.1. The number of hydrogen-bond acceptors (Lipinski definition) is 5. The third-order valence-corrected chi connectivity index (χ3v) is 4.07. The Bertz CT molecular complexity index is 872. The monoisotopic (exact) mass is 402 g/mol. The summed E-state index contributed by atoms with van der Waals surface area (Å²) in [6, 6.07) is 13.0. The number of amides is 2. The predicted molar refractivity (Wildman–Crippen MR) is 105 cm³/mol. The van der Waals surface area contributed by atoms with E-state index in [0.717, 1.165) is 4.90 Å². The summed E-state index contributed by atoms with van der Waals surface area (Å²) in [6.45, 7) is -0.693. The number of rotatable bonds is 9. The minimum Gasteiger partial charge on any atom is -0.497 e. The summed E-state index contributed by atoms with van der Waals surface area (Å²) in [5, 5.41) is 2.65. The number of carbonyl (C=O) groups is 3. The quantitative estimate of drug-likeness (QED) is 0.651. The maximum atomic E-state index is 13.5. The lowest BCUT2D eigenvalue weighted by Gasteiger charge is -2.17. The minimum absolute atomic E-state index is 0.0474. The topological polar surface area (TPSA) is 84.9 Å². The standard InChI is InChI=1S/C21H23FN2O5/c1-24(13-19(25)23-16-7-5-8-17(12-16)28-2)20(26)14-29-21(27)11-10-15-6-3-4-9-18(15)22/h3-9,12H,10-11,13-14H2,1-2H3,(H,23,25). The molecule has 29 heavy (non-hydrogen) atoms. The fourth-order valence-electron chi connectivity index (χ4n) is 2.47. The maximum absolute atomic E-state index is 13.5. The van der Waals surface area contributed by atoms with Crippen molar-refractivity contribution in [2.45, 2.75) is 12.8 Å². The van der Waals surface area contributed by atoms with Crippen molar-refractivity contribution >= 4 is 23.5 Å². The SMILES string of the molecule is COc1cccc(NC(=O)CN(C)C(=O)COC(=O)CCc2ccccc2F)c1. The van der Waals surface area contributed by atoms with Crippen LogP contribution in [0, 0.1) is 5.82 Å². The number of ether oxygens (including phenoxy) is 2. The fourth-order valence-corrected chi connectivity index (χ4v) is 2.47. The van der Waals surface area contributed by atoms with Gasteiger partial charge in [-0.3, -0.25) is 14.4 Å². The summed E-state index contributed by atoms with van der Waals surface area (Å²) in [5.41, 5.74) is 0.942. The molecule has 0 aliphatic carbocycles. The van der Waals surface area contributed by atoms with Crippen LogP contribution in [0.1, 0.15) is 12.0 Å². The number of hydrogen-bond donors (Lipinski definition) is 1. The molecule has 2 aromatic rings. The Labute approximate surface area is 168 Å². The molecule has 8 heteroatoms. The number of carbonyl (C=O) groups excluding carboxylic acids is 3. The second-order valence-electron chi connectivity index (χ2n) is 6.28. The van der Waals surface area contributed by atoms with Gasteiger partial charge in [0.05, 0.1) is 13.7 Å². The molecule has 2 rings (SSSR count). The highest BCUT2D eigenvalue weighted by molar-refractivity contribution is 5.94. The molecule has 0 fully saturated rings. The van der Waals surface area contributed by atoms with Crippen LogP contribution in [0.25, 0.3) is 0 Å². The molecule has 2 aromatic carbocycles. The number of nitrogens with zero attached hydrogens (tertiary/aromatic N) is 1. The molecule has 0 aliphatic heterocycles. The number of nitrogens with one attached hydrogen (secondary N) is 1. The lowest BCUT2D eigenvalue weighted by Crippen LogP contribution is -2.37. The molecular formula is C21H23FN2O5. The van der Waals surface area contributed by atoms with E-state index in [4.69, 9.17) is 9.47 Å². The molecule has 0 saturated heterocycles. The van der Waals surface area contributed by atoms with Crippen molar-refractivity contribution in [3.63, 3.8) is 0 Å². The highest BCUT2D eigenvalue weighted by atomic mass is 19.1. The normalized spacial score (nSPS) is 10.2. The van der Waals surface area contributed by atoms with E-state index < -0.39 is 30.2 Å². The van der Waals surface area contributed by atoms with Crippen LogP contribution in [0.4, 0.5) is 10.1 Å². The van der Waals surface area contributed by atoms with Crippen LogP contribution < -0.4 is 10.1 Å². The second kappa shape index (κ2) is 10.8. The van der Waals surface area contributed by atoms with Crippen LogP contribution in [0.2, 0.25) is 0 Å². The number of anilines is 1. The van der Waals surface area contributed by atoms with Crippen LogP contribution in [0.5, 0.6) is 5.75 Å². The average Bonchev–Trinajstić information content (AvgIpc) is 2.71. The van der Waals surface area contributed by atoms with Crippen molar-refractivity contribution < 1.29 is 28.2 Å². The van der Waals surface area contributed by atoms with Gasteiger partial charge in [0.15, 0.2) is 6.61 Å². The first-order valence-electron chi connectivity index (χ1n) is 8.96. The summed E-state index contributed by atoms with van der Waals surface area (Å²) < 4.78 is 23.5. The molecule has 1 N–H and O–H groups in total. The molecule has 2 amide bonds. The van der Waals surface area contributed by atoms with E-state index >= 15 is 0 Å². The first-order valence-corrected chi connectivity index (χ1v) is 8.96. The number of methoxy groups -OCH3 is 1. The predicted octanol–water partition coefficient (Wildman–Crippen LogP) is 2.41. The molecule has 0 atom stereocenters. The van der Waals surface area contributed by atoms with E-state index in [0.29, 0.717) is 17.0 Å². The van der Waals surface area contributed by atoms with E-state index in [1.807, 2.05) is 0 Å². The maximum Gasteiger partial charge on any atom is 0.306 e. The van der Waals surface area contributed by atoms with Gasteiger partial charge in [-0.2, -0.15) is 0 Å². The Morgan fingerprint density at radius 3 is 2.59 bits per heavy atom. The van der Waals surface area contributed by atoms with Gasteiger partial charge in [0.25, 0.3) is 5.91 Å². The smallest absolute Gasteiger partial charge is 0.306 e. The van der Waals surface area contributed by atoms with Gasteiger partial charge in [-0.1, -0.05) is 24.3 Å². The van der Waals surface area contributed by atoms with Gasteiger partial charge in [-0.15, -0.1) is 0 Å². The second-order valence-corrected chi connectivity index (χ2v) is 6.28. The Balaban J connectivity index is 1.73. The number of aryl methyl sites for hydroxylation is 1. The molecule has 0 heterocycles. The number of esters is 1. The van der Waals surface area contributed by atoms with Crippen LogP contribution in [-0.2, 0) is 25.5 Å². The third-order valence-electron chi connectivity index (χ3n) is 4.07. The molecule has 0 spiro atoms. The van der Waals surface area contributed by atoms with Crippen LogP contribution in [0.15, 0.2) is 48.5 Å². The van der Waals surface area contributed by atoms with Crippen molar-refractivity contribution in [1.29, 1.82) is 0 Å². The van der Waals surface area contributed by atoms with E-state index in [1.54, 1.807) is 42.5 Å². The summed E-state index contributed by atoms with van der Waals surface area (Å²) in [5.74, 6) is -1.34. The first kappa shape index (κ1) is 21.9. The number of likely N-dealkylation sites (N-methyl/N-ethyl adjacent to an activating group) is 1. The van der Waals surface area contributed by atoms with Crippen molar-refractivity contribution in [1.82, 2.24) is 4.90 Å². The molecule has 0 unspecified atom stereocenters. The summed E-state index contributed by atoms with van der Waals surface area (Å²) in [6.07, 6.45) is 0.132. The van der Waals surface area contributed by atoms with Crippen molar-refractivity contribution in [2.75, 3.05) is 32.6 Å². The number of benzene rings is 2. The van der Waals surface area contributed by atoms with E-state index in [1.165, 1.54) is 20.2 Å². The van der Waals surface area contributed by atoms with Gasteiger partial charge in [-0.25, -0.2) is 4.39 Å². The highest BCUT2D eigenvalue weighted by Crippen LogP contribution is 2.16. The van der Waals surface area contributed by atoms with Crippen LogP contribution in [0.3, 0.4) is 0 Å². The highest BCUT2D eigenvalue weighted by Gasteiger charge is 2.16. The lowest BCUT2D eigenvalue weighted by molar-refractivity contribution is -0.151. The van der Waals surface area contributed by atoms with Gasteiger partial charge in [-0.05, 0) is 30.2 Å². The van der Waals surface area contributed by atoms with Crippen LogP contribution in [-0.4, -0.2) is 50.0 Å². The Hall–Kier alpha value is -3.42. The number of halogens is 1. The molecule has 0 bridgehead atoms. The summed E-state index contributed by atoms with van der Waals surface area (Å²) in [4.78, 5) is 37.0. The first-order chi connectivity index (χ1) is 13.9. The Morgan fingerprint density at radius 1 is 1.10 bits per heavy atom. The molecular weight excluding hydrogens is 379 g/mol. The van der Waals surface area contributed by atoms with E-state index in [9.17, 15) is 18.8 Å². The molecule has 0 aliphatic rings. The van der Waals surface area contributed by atoms with Crippen molar-refractivity contribution in [3.05, 3.63) is 59.9 Å². The zero-order valence-electron chi connectivity index (χ0n) is 16.3. The van der Waals surface area contributed by atoms with E-state index in [2.05, 4.69) is 5.32 Å². The minimum atomic E-state index is -0.615. The summed E-state index contributed by atoms with van der Waals surface area (Å²) in [7, 11) is 2.95. The average molecular weight is 402 g/mol. The molecule has 0 radical (unpaired) electrons. The van der Waals surface area contributed by atoms with Gasteiger partial charge in [0.1, 0.15) is 11.6 Å². The zero-order chi connectivity index (χ0) is 21.2. The molecule has 0 aromatic heterocycles. The largest absolute Gasteiger partial charge is 0.497 e. The van der Waals surface area contributed by atoms with Crippen LogP contribution >= 0.6 is 0 Å². The fraction of sp³-hybridized carbons (Fsp3) is 0.286.